The average molecular weight is 328 g/mol. The number of sulfonamides is 1. The number of pyridine rings is 1. The van der Waals surface area contributed by atoms with E-state index < -0.39 is 10.0 Å². The Labute approximate surface area is 129 Å². The minimum Gasteiger partial charge on any atom is -0.395 e. The Morgan fingerprint density at radius 2 is 1.95 bits per heavy atom. The molecule has 0 unspecified atom stereocenters. The van der Waals surface area contributed by atoms with Crippen LogP contribution in [0.25, 0.3) is 10.6 Å². The summed E-state index contributed by atoms with van der Waals surface area (Å²) in [5, 5.41) is 8.82. The summed E-state index contributed by atoms with van der Waals surface area (Å²) in [5.41, 5.74) is 0.749. The molecular formula is C14H20N2O3S2. The van der Waals surface area contributed by atoms with Gasteiger partial charge in [0.1, 0.15) is 4.21 Å². The second-order valence-corrected chi connectivity index (χ2v) is 7.24. The highest BCUT2D eigenvalue weighted by Crippen LogP contribution is 2.30. The first kappa shape index (κ1) is 17.8. The van der Waals surface area contributed by atoms with Gasteiger partial charge >= 0.3 is 0 Å². The van der Waals surface area contributed by atoms with Crippen molar-refractivity contribution >= 4 is 21.4 Å². The normalized spacial score (nSPS) is 11.1. The topological polar surface area (TPSA) is 70.5 Å². The van der Waals surface area contributed by atoms with Gasteiger partial charge in [0.25, 0.3) is 10.0 Å². The molecular weight excluding hydrogens is 308 g/mol. The molecule has 2 heterocycles. The minimum atomic E-state index is -3.52. The van der Waals surface area contributed by atoms with Crippen molar-refractivity contribution in [3.05, 3.63) is 36.5 Å². The van der Waals surface area contributed by atoms with Crippen LogP contribution < -0.4 is 0 Å². The Hall–Kier alpha value is -1.28. The average Bonchev–Trinajstić information content (AvgIpc) is 3.01. The van der Waals surface area contributed by atoms with E-state index in [9.17, 15) is 8.42 Å². The third-order valence-electron chi connectivity index (χ3n) is 2.58. The van der Waals surface area contributed by atoms with Crippen LogP contribution in [0.15, 0.2) is 40.7 Å². The number of nitrogens with zero attached hydrogens (tertiary/aromatic N) is 2. The van der Waals surface area contributed by atoms with Gasteiger partial charge in [-0.3, -0.25) is 4.98 Å². The van der Waals surface area contributed by atoms with Crippen LogP contribution in [0.3, 0.4) is 0 Å². The van der Waals surface area contributed by atoms with Gasteiger partial charge < -0.3 is 5.11 Å². The van der Waals surface area contributed by atoms with E-state index in [0.717, 1.165) is 14.9 Å². The first-order valence-corrected chi connectivity index (χ1v) is 8.90. The smallest absolute Gasteiger partial charge is 0.252 e. The fraction of sp³-hybridized carbons (Fsp3) is 0.357. The Morgan fingerprint density at radius 1 is 1.24 bits per heavy atom. The Kier molecular flexibility index (Phi) is 6.97. The van der Waals surface area contributed by atoms with Crippen molar-refractivity contribution in [2.24, 2.45) is 0 Å². The summed E-state index contributed by atoms with van der Waals surface area (Å²) in [7, 11) is -2.07. The first-order chi connectivity index (χ1) is 10.1. The molecule has 0 fully saturated rings. The SMILES string of the molecule is CC.CN(CCO)S(=O)(=O)c1ccc(-c2ccccn2)s1. The van der Waals surface area contributed by atoms with Gasteiger partial charge in [0, 0.05) is 19.8 Å². The van der Waals surface area contributed by atoms with E-state index >= 15 is 0 Å². The third kappa shape index (κ3) is 4.34. The largest absolute Gasteiger partial charge is 0.395 e. The second kappa shape index (κ2) is 8.23. The summed E-state index contributed by atoms with van der Waals surface area (Å²) in [4.78, 5) is 4.99. The van der Waals surface area contributed by atoms with E-state index in [2.05, 4.69) is 4.98 Å². The van der Waals surface area contributed by atoms with Gasteiger partial charge in [-0.1, -0.05) is 19.9 Å². The van der Waals surface area contributed by atoms with Gasteiger partial charge in [0.05, 0.1) is 17.2 Å². The van der Waals surface area contributed by atoms with Crippen LogP contribution in [0.1, 0.15) is 13.8 Å². The quantitative estimate of drug-likeness (QED) is 0.915. The molecule has 21 heavy (non-hydrogen) atoms. The van der Waals surface area contributed by atoms with Gasteiger partial charge in [-0.2, -0.15) is 4.31 Å². The van der Waals surface area contributed by atoms with E-state index in [0.29, 0.717) is 0 Å². The molecule has 2 rings (SSSR count). The number of likely N-dealkylation sites (N-methyl/N-ethyl adjacent to an activating group) is 1. The Morgan fingerprint density at radius 3 is 2.52 bits per heavy atom. The standard InChI is InChI=1S/C12H14N2O3S2.C2H6/c1-14(8-9-15)19(16,17)12-6-5-11(18-12)10-4-2-3-7-13-10;1-2/h2-7,15H,8-9H2,1H3;1-2H3. The van der Waals surface area contributed by atoms with Crippen molar-refractivity contribution < 1.29 is 13.5 Å². The summed E-state index contributed by atoms with van der Waals surface area (Å²) in [6.07, 6.45) is 1.67. The Bertz CT molecular complexity index is 639. The molecule has 0 aromatic carbocycles. The molecule has 116 valence electrons. The molecule has 0 bridgehead atoms. The molecule has 2 aromatic rings. The van der Waals surface area contributed by atoms with Crippen LogP contribution in [0, 0.1) is 0 Å². The lowest BCUT2D eigenvalue weighted by atomic mass is 10.3. The van der Waals surface area contributed by atoms with Crippen molar-refractivity contribution in [3.8, 4) is 10.6 Å². The molecule has 0 atom stereocenters. The second-order valence-electron chi connectivity index (χ2n) is 3.88. The van der Waals surface area contributed by atoms with Crippen molar-refractivity contribution in [2.45, 2.75) is 18.1 Å². The predicted octanol–water partition coefficient (Wildman–Crippen LogP) is 2.45. The van der Waals surface area contributed by atoms with Crippen molar-refractivity contribution in [1.82, 2.24) is 9.29 Å². The molecule has 7 heteroatoms. The number of hydrogen-bond acceptors (Lipinski definition) is 5. The highest BCUT2D eigenvalue weighted by Gasteiger charge is 2.22. The molecule has 2 aromatic heterocycles. The summed E-state index contributed by atoms with van der Waals surface area (Å²) < 4.78 is 25.7. The zero-order chi connectivity index (χ0) is 15.9. The van der Waals surface area contributed by atoms with Gasteiger partial charge in [0.15, 0.2) is 0 Å². The lowest BCUT2D eigenvalue weighted by Crippen LogP contribution is -2.29. The summed E-state index contributed by atoms with van der Waals surface area (Å²) >= 11 is 1.17. The summed E-state index contributed by atoms with van der Waals surface area (Å²) in [5.74, 6) is 0. The molecule has 0 saturated carbocycles. The number of rotatable bonds is 5. The lowest BCUT2D eigenvalue weighted by Gasteiger charge is -2.13. The van der Waals surface area contributed by atoms with Crippen LogP contribution >= 0.6 is 11.3 Å². The van der Waals surface area contributed by atoms with Crippen LogP contribution in [-0.2, 0) is 10.0 Å². The fourth-order valence-corrected chi connectivity index (χ4v) is 4.18. The number of hydrogen-bond donors (Lipinski definition) is 1. The maximum absolute atomic E-state index is 12.2. The zero-order valence-electron chi connectivity index (χ0n) is 12.4. The highest BCUT2D eigenvalue weighted by atomic mass is 32.2. The molecule has 0 saturated heterocycles. The van der Waals surface area contributed by atoms with E-state index in [4.69, 9.17) is 5.11 Å². The lowest BCUT2D eigenvalue weighted by molar-refractivity contribution is 0.266. The molecule has 0 spiro atoms. The van der Waals surface area contributed by atoms with Crippen LogP contribution in [0.2, 0.25) is 0 Å². The fourth-order valence-electron chi connectivity index (χ4n) is 1.52. The third-order valence-corrected chi connectivity index (χ3v) is 6.01. The predicted molar refractivity (Wildman–Crippen MR) is 85.8 cm³/mol. The van der Waals surface area contributed by atoms with Crippen molar-refractivity contribution in [1.29, 1.82) is 0 Å². The Balaban J connectivity index is 0.00000106. The van der Waals surface area contributed by atoms with Crippen molar-refractivity contribution in [3.63, 3.8) is 0 Å². The number of aromatic nitrogens is 1. The van der Waals surface area contributed by atoms with Gasteiger partial charge in [-0.25, -0.2) is 8.42 Å². The highest BCUT2D eigenvalue weighted by molar-refractivity contribution is 7.91. The zero-order valence-corrected chi connectivity index (χ0v) is 14.0. The molecule has 0 radical (unpaired) electrons. The van der Waals surface area contributed by atoms with Gasteiger partial charge in [-0.05, 0) is 24.3 Å². The van der Waals surface area contributed by atoms with Crippen LogP contribution in [0.5, 0.6) is 0 Å². The van der Waals surface area contributed by atoms with Crippen molar-refractivity contribution in [2.75, 3.05) is 20.2 Å². The maximum atomic E-state index is 12.2. The number of aliphatic hydroxyl groups excluding tert-OH is 1. The molecule has 0 amide bonds. The summed E-state index contributed by atoms with van der Waals surface area (Å²) in [6.45, 7) is 3.88. The van der Waals surface area contributed by atoms with E-state index in [1.165, 1.54) is 18.4 Å². The summed E-state index contributed by atoms with van der Waals surface area (Å²) in [6, 6.07) is 8.81. The molecule has 0 aliphatic rings. The maximum Gasteiger partial charge on any atom is 0.252 e. The molecule has 0 aliphatic heterocycles. The minimum absolute atomic E-state index is 0.0825. The van der Waals surface area contributed by atoms with E-state index in [1.807, 2.05) is 32.0 Å². The monoisotopic (exact) mass is 328 g/mol. The van der Waals surface area contributed by atoms with E-state index in [-0.39, 0.29) is 17.4 Å². The number of thiophene rings is 1. The molecule has 1 N–H and O–H groups in total. The van der Waals surface area contributed by atoms with E-state index in [1.54, 1.807) is 18.3 Å². The van der Waals surface area contributed by atoms with Crippen LogP contribution in [-0.4, -0.2) is 43.0 Å². The van der Waals surface area contributed by atoms with Crippen LogP contribution in [0.4, 0.5) is 0 Å². The van der Waals surface area contributed by atoms with Gasteiger partial charge in [-0.15, -0.1) is 11.3 Å². The first-order valence-electron chi connectivity index (χ1n) is 6.64. The number of aliphatic hydroxyl groups is 1. The van der Waals surface area contributed by atoms with Gasteiger partial charge in [0.2, 0.25) is 0 Å². The molecule has 0 aliphatic carbocycles. The molecule has 5 nitrogen and oxygen atoms in total.